The summed E-state index contributed by atoms with van der Waals surface area (Å²) in [5.74, 6) is 0.268. The molecule has 32 heavy (non-hydrogen) atoms. The summed E-state index contributed by atoms with van der Waals surface area (Å²) in [5, 5.41) is 16.2. The molecule has 1 aliphatic heterocycles. The van der Waals surface area contributed by atoms with Crippen LogP contribution >= 0.6 is 0 Å². The predicted octanol–water partition coefficient (Wildman–Crippen LogP) is 2.44. The normalized spacial score (nSPS) is 17.0. The zero-order chi connectivity index (χ0) is 22.7. The minimum absolute atomic E-state index is 0.195. The van der Waals surface area contributed by atoms with E-state index in [9.17, 15) is 4.79 Å². The number of carbonyl (C=O) groups excluding carboxylic acids is 1. The van der Waals surface area contributed by atoms with Crippen LogP contribution in [0.3, 0.4) is 0 Å². The summed E-state index contributed by atoms with van der Waals surface area (Å²) >= 11 is 0. The van der Waals surface area contributed by atoms with Gasteiger partial charge in [0.2, 0.25) is 0 Å². The number of nitrogens with two attached hydrogens (primary N) is 1. The van der Waals surface area contributed by atoms with Gasteiger partial charge in [-0.15, -0.1) is 0 Å². The second-order valence-electron chi connectivity index (χ2n) is 7.83. The van der Waals surface area contributed by atoms with Crippen molar-refractivity contribution in [2.45, 2.75) is 32.4 Å². The number of amides is 1. The molecular formula is C24H23N7O. The standard InChI is InChI=1S/C24H23N7O/c1-15-9-22(26)30-16(2)20(15)13-28-23(32)24(14-27-7-8-29-24)11-17-3-6-21-18(10-17)4-5-19(12-25)31-21/h3-10,14,29H,11,13H2,1-2H3,(H2,26,30)(H,28,32). The van der Waals surface area contributed by atoms with Crippen molar-refractivity contribution in [3.8, 4) is 6.07 Å². The third-order valence-electron chi connectivity index (χ3n) is 5.55. The molecule has 160 valence electrons. The molecule has 0 saturated heterocycles. The van der Waals surface area contributed by atoms with Gasteiger partial charge in [-0.3, -0.25) is 9.79 Å². The Kier molecular flexibility index (Phi) is 5.56. The summed E-state index contributed by atoms with van der Waals surface area (Å²) in [7, 11) is 0. The number of hydrogen-bond donors (Lipinski definition) is 3. The maximum atomic E-state index is 13.3. The highest BCUT2D eigenvalue weighted by Gasteiger charge is 2.37. The number of fused-ring (bicyclic) bond motifs is 1. The highest BCUT2D eigenvalue weighted by atomic mass is 16.2. The highest BCUT2D eigenvalue weighted by molar-refractivity contribution is 6.04. The Morgan fingerprint density at radius 2 is 2.06 bits per heavy atom. The van der Waals surface area contributed by atoms with Crippen LogP contribution in [0.2, 0.25) is 0 Å². The molecule has 1 amide bonds. The van der Waals surface area contributed by atoms with Crippen molar-refractivity contribution in [2.24, 2.45) is 4.99 Å². The molecular weight excluding hydrogens is 402 g/mol. The van der Waals surface area contributed by atoms with Crippen LogP contribution in [0.5, 0.6) is 0 Å². The van der Waals surface area contributed by atoms with E-state index in [0.29, 0.717) is 24.5 Å². The fourth-order valence-electron chi connectivity index (χ4n) is 3.89. The van der Waals surface area contributed by atoms with Crippen LogP contribution in [-0.2, 0) is 17.8 Å². The Bertz CT molecular complexity index is 1280. The van der Waals surface area contributed by atoms with Gasteiger partial charge in [-0.05, 0) is 60.9 Å². The van der Waals surface area contributed by atoms with Crippen molar-refractivity contribution in [2.75, 3.05) is 5.73 Å². The van der Waals surface area contributed by atoms with Gasteiger partial charge in [0.05, 0.1) is 5.52 Å². The molecule has 1 unspecified atom stereocenters. The first-order valence-corrected chi connectivity index (χ1v) is 10.2. The minimum Gasteiger partial charge on any atom is -0.384 e. The number of carbonyl (C=O) groups is 1. The van der Waals surface area contributed by atoms with Crippen LogP contribution in [-0.4, -0.2) is 27.6 Å². The Morgan fingerprint density at radius 3 is 2.78 bits per heavy atom. The van der Waals surface area contributed by atoms with Crippen molar-refractivity contribution in [3.63, 3.8) is 0 Å². The van der Waals surface area contributed by atoms with Gasteiger partial charge in [-0.25, -0.2) is 9.97 Å². The number of benzene rings is 1. The van der Waals surface area contributed by atoms with E-state index in [-0.39, 0.29) is 5.91 Å². The minimum atomic E-state index is -1.04. The zero-order valence-electron chi connectivity index (χ0n) is 17.9. The van der Waals surface area contributed by atoms with Crippen molar-refractivity contribution < 1.29 is 4.79 Å². The number of aromatic nitrogens is 2. The second kappa shape index (κ2) is 8.47. The number of aryl methyl sites for hydroxylation is 2. The fourth-order valence-corrected chi connectivity index (χ4v) is 3.89. The quantitative estimate of drug-likeness (QED) is 0.576. The summed E-state index contributed by atoms with van der Waals surface area (Å²) in [4.78, 5) is 26.2. The summed E-state index contributed by atoms with van der Waals surface area (Å²) in [6.45, 7) is 4.17. The monoisotopic (exact) mass is 425 g/mol. The molecule has 0 radical (unpaired) electrons. The number of hydrogen-bond acceptors (Lipinski definition) is 7. The van der Waals surface area contributed by atoms with Crippen LogP contribution < -0.4 is 16.4 Å². The molecule has 3 aromatic rings. The predicted molar refractivity (Wildman–Crippen MR) is 124 cm³/mol. The summed E-state index contributed by atoms with van der Waals surface area (Å²) in [6, 6.07) is 13.1. The zero-order valence-corrected chi connectivity index (χ0v) is 17.9. The van der Waals surface area contributed by atoms with Crippen molar-refractivity contribution in [1.82, 2.24) is 20.6 Å². The largest absolute Gasteiger partial charge is 0.384 e. The molecule has 0 bridgehead atoms. The van der Waals surface area contributed by atoms with Gasteiger partial charge in [0.1, 0.15) is 17.6 Å². The van der Waals surface area contributed by atoms with Crippen LogP contribution in [0.4, 0.5) is 5.82 Å². The van der Waals surface area contributed by atoms with E-state index in [0.717, 1.165) is 33.3 Å². The molecule has 2 aromatic heterocycles. The Morgan fingerprint density at radius 1 is 1.22 bits per heavy atom. The third-order valence-corrected chi connectivity index (χ3v) is 5.55. The van der Waals surface area contributed by atoms with Crippen molar-refractivity contribution >= 4 is 28.8 Å². The molecule has 0 fully saturated rings. The number of aliphatic imine (C=N–C) groups is 1. The Hall–Kier alpha value is -4.25. The number of nitriles is 1. The van der Waals surface area contributed by atoms with Gasteiger partial charge in [0.15, 0.2) is 5.54 Å². The van der Waals surface area contributed by atoms with E-state index in [4.69, 9.17) is 11.0 Å². The molecule has 0 aliphatic carbocycles. The van der Waals surface area contributed by atoms with E-state index < -0.39 is 5.54 Å². The molecule has 0 saturated carbocycles. The average molecular weight is 425 g/mol. The molecule has 1 aliphatic rings. The molecule has 1 aromatic carbocycles. The van der Waals surface area contributed by atoms with E-state index in [1.54, 1.807) is 30.7 Å². The van der Waals surface area contributed by atoms with E-state index in [2.05, 4.69) is 25.6 Å². The van der Waals surface area contributed by atoms with E-state index in [1.165, 1.54) is 0 Å². The summed E-state index contributed by atoms with van der Waals surface area (Å²) in [6.07, 6.45) is 5.30. The van der Waals surface area contributed by atoms with Crippen LogP contribution in [0, 0.1) is 25.2 Å². The van der Waals surface area contributed by atoms with Gasteiger partial charge < -0.3 is 16.4 Å². The Labute approximate surface area is 185 Å². The lowest BCUT2D eigenvalue weighted by atomic mass is 9.89. The molecule has 8 nitrogen and oxygen atoms in total. The first kappa shape index (κ1) is 21.0. The maximum Gasteiger partial charge on any atom is 0.251 e. The number of pyridine rings is 2. The lowest BCUT2D eigenvalue weighted by Crippen LogP contribution is -2.58. The molecule has 3 heterocycles. The summed E-state index contributed by atoms with van der Waals surface area (Å²) in [5.41, 5.74) is 9.53. The number of nitrogens with zero attached hydrogens (tertiary/aromatic N) is 4. The van der Waals surface area contributed by atoms with Crippen molar-refractivity contribution in [3.05, 3.63) is 76.9 Å². The topological polar surface area (TPSA) is 129 Å². The van der Waals surface area contributed by atoms with E-state index >= 15 is 0 Å². The second-order valence-corrected chi connectivity index (χ2v) is 7.83. The number of rotatable bonds is 5. The lowest BCUT2D eigenvalue weighted by molar-refractivity contribution is -0.124. The molecule has 0 spiro atoms. The first-order chi connectivity index (χ1) is 15.4. The summed E-state index contributed by atoms with van der Waals surface area (Å²) < 4.78 is 0. The number of nitrogen functional groups attached to an aromatic ring is 1. The van der Waals surface area contributed by atoms with E-state index in [1.807, 2.05) is 44.2 Å². The Balaban J connectivity index is 1.58. The molecule has 1 atom stereocenters. The number of nitrogens with one attached hydrogen (secondary N) is 2. The number of anilines is 1. The highest BCUT2D eigenvalue weighted by Crippen LogP contribution is 2.21. The van der Waals surface area contributed by atoms with Crippen molar-refractivity contribution in [1.29, 1.82) is 5.26 Å². The molecule has 8 heteroatoms. The van der Waals surface area contributed by atoms with Crippen LogP contribution in [0.25, 0.3) is 10.9 Å². The first-order valence-electron chi connectivity index (χ1n) is 10.2. The van der Waals surface area contributed by atoms with Crippen LogP contribution in [0.15, 0.2) is 53.8 Å². The van der Waals surface area contributed by atoms with Gasteiger partial charge >= 0.3 is 0 Å². The van der Waals surface area contributed by atoms with Gasteiger partial charge in [0.25, 0.3) is 5.91 Å². The van der Waals surface area contributed by atoms with Crippen LogP contribution in [0.1, 0.15) is 28.1 Å². The lowest BCUT2D eigenvalue weighted by Gasteiger charge is -2.31. The fraction of sp³-hybridized carbons (Fsp3) is 0.208. The molecule has 4 N–H and O–H groups in total. The average Bonchev–Trinajstić information content (AvgIpc) is 2.78. The van der Waals surface area contributed by atoms with Gasteiger partial charge in [-0.2, -0.15) is 5.26 Å². The molecule has 4 rings (SSSR count). The SMILES string of the molecule is Cc1cc(N)nc(C)c1CNC(=O)C1(Cc2ccc3nc(C#N)ccc3c2)C=NC=CN1. The maximum absolute atomic E-state index is 13.3. The van der Waals surface area contributed by atoms with Gasteiger partial charge in [-0.1, -0.05) is 6.07 Å². The van der Waals surface area contributed by atoms with Gasteiger partial charge in [0, 0.05) is 42.7 Å². The third kappa shape index (κ3) is 4.14. The smallest absolute Gasteiger partial charge is 0.251 e.